The molecular formula is C20H23NO5S2. The molecule has 0 spiro atoms. The molecule has 3 rings (SSSR count). The summed E-state index contributed by atoms with van der Waals surface area (Å²) in [5.74, 6) is -0.413. The topological polar surface area (TPSA) is 76.1 Å². The summed E-state index contributed by atoms with van der Waals surface area (Å²) in [6, 6.07) is 5.44. The van der Waals surface area contributed by atoms with Crippen LogP contribution >= 0.6 is 24.0 Å². The molecule has 1 saturated heterocycles. The molecule has 0 aromatic heterocycles. The monoisotopic (exact) mass is 421 g/mol. The SMILES string of the molecule is CCOc1cccc(/C=C2/SC(=S)N(C3CCCCC3)C2=O)c1OCC(=O)O. The molecule has 1 amide bonds. The quantitative estimate of drug-likeness (QED) is 0.525. The van der Waals surface area contributed by atoms with E-state index < -0.39 is 12.6 Å². The summed E-state index contributed by atoms with van der Waals surface area (Å²) in [6.07, 6.45) is 7.10. The highest BCUT2D eigenvalue weighted by Crippen LogP contribution is 2.40. The van der Waals surface area contributed by atoms with Crippen LogP contribution in [0.3, 0.4) is 0 Å². The highest BCUT2D eigenvalue weighted by atomic mass is 32.2. The van der Waals surface area contributed by atoms with Crippen molar-refractivity contribution in [3.63, 3.8) is 0 Å². The van der Waals surface area contributed by atoms with Crippen molar-refractivity contribution in [1.82, 2.24) is 4.90 Å². The van der Waals surface area contributed by atoms with Gasteiger partial charge in [-0.3, -0.25) is 9.69 Å². The number of benzene rings is 1. The number of hydrogen-bond acceptors (Lipinski definition) is 6. The van der Waals surface area contributed by atoms with Crippen molar-refractivity contribution >= 4 is 46.3 Å². The van der Waals surface area contributed by atoms with Crippen LogP contribution in [-0.2, 0) is 9.59 Å². The molecule has 1 aliphatic heterocycles. The molecule has 0 radical (unpaired) electrons. The van der Waals surface area contributed by atoms with E-state index in [0.717, 1.165) is 25.7 Å². The molecule has 150 valence electrons. The van der Waals surface area contributed by atoms with Gasteiger partial charge in [0, 0.05) is 11.6 Å². The number of carboxylic acid groups (broad SMARTS) is 1. The summed E-state index contributed by atoms with van der Waals surface area (Å²) in [5, 5.41) is 8.96. The molecule has 1 aromatic carbocycles. The lowest BCUT2D eigenvalue weighted by Crippen LogP contribution is -2.39. The summed E-state index contributed by atoms with van der Waals surface area (Å²) in [7, 11) is 0. The Balaban J connectivity index is 1.89. The number of hydrogen-bond donors (Lipinski definition) is 1. The number of ether oxygens (including phenoxy) is 2. The van der Waals surface area contributed by atoms with Gasteiger partial charge in [-0.1, -0.05) is 55.4 Å². The van der Waals surface area contributed by atoms with Gasteiger partial charge in [-0.15, -0.1) is 0 Å². The molecule has 0 unspecified atom stereocenters. The molecular weight excluding hydrogens is 398 g/mol. The van der Waals surface area contributed by atoms with Crippen LogP contribution in [0.4, 0.5) is 0 Å². The van der Waals surface area contributed by atoms with E-state index in [0.29, 0.717) is 32.9 Å². The zero-order valence-corrected chi connectivity index (χ0v) is 17.3. The molecule has 0 bridgehead atoms. The van der Waals surface area contributed by atoms with Crippen LogP contribution in [0.5, 0.6) is 11.5 Å². The molecule has 8 heteroatoms. The Morgan fingerprint density at radius 3 is 2.75 bits per heavy atom. The molecule has 2 fully saturated rings. The molecule has 6 nitrogen and oxygen atoms in total. The molecule has 1 heterocycles. The van der Waals surface area contributed by atoms with Gasteiger partial charge >= 0.3 is 5.97 Å². The number of carbonyl (C=O) groups excluding carboxylic acids is 1. The van der Waals surface area contributed by atoms with Gasteiger partial charge in [-0.05, 0) is 31.9 Å². The number of carboxylic acids is 1. The van der Waals surface area contributed by atoms with Gasteiger partial charge in [-0.25, -0.2) is 4.79 Å². The summed E-state index contributed by atoms with van der Waals surface area (Å²) in [6.45, 7) is 1.76. The lowest BCUT2D eigenvalue weighted by molar-refractivity contribution is -0.139. The minimum atomic E-state index is -1.08. The second-order valence-corrected chi connectivity index (χ2v) is 8.31. The molecule has 2 aliphatic rings. The Morgan fingerprint density at radius 1 is 1.32 bits per heavy atom. The van der Waals surface area contributed by atoms with Crippen molar-refractivity contribution in [3.05, 3.63) is 28.7 Å². The first-order chi connectivity index (χ1) is 13.5. The fourth-order valence-corrected chi connectivity index (χ4v) is 4.87. The lowest BCUT2D eigenvalue weighted by atomic mass is 9.94. The first-order valence-corrected chi connectivity index (χ1v) is 10.6. The average molecular weight is 422 g/mol. The minimum Gasteiger partial charge on any atom is -0.490 e. The third-order valence-corrected chi connectivity index (χ3v) is 6.03. The van der Waals surface area contributed by atoms with Crippen molar-refractivity contribution in [3.8, 4) is 11.5 Å². The predicted molar refractivity (Wildman–Crippen MR) is 113 cm³/mol. The number of para-hydroxylation sites is 1. The van der Waals surface area contributed by atoms with Crippen LogP contribution in [0.15, 0.2) is 23.1 Å². The summed E-state index contributed by atoms with van der Waals surface area (Å²) in [4.78, 5) is 26.2. The minimum absolute atomic E-state index is 0.0899. The molecule has 0 atom stereocenters. The third kappa shape index (κ3) is 4.67. The van der Waals surface area contributed by atoms with Crippen LogP contribution in [0.2, 0.25) is 0 Å². The number of rotatable bonds is 7. The van der Waals surface area contributed by atoms with Crippen LogP contribution in [0.1, 0.15) is 44.6 Å². The Bertz CT molecular complexity index is 802. The van der Waals surface area contributed by atoms with E-state index in [2.05, 4.69) is 0 Å². The van der Waals surface area contributed by atoms with E-state index in [1.165, 1.54) is 18.2 Å². The Morgan fingerprint density at radius 2 is 2.07 bits per heavy atom. The van der Waals surface area contributed by atoms with Gasteiger partial charge in [-0.2, -0.15) is 0 Å². The summed E-state index contributed by atoms with van der Waals surface area (Å²) < 4.78 is 11.6. The second kappa shape index (κ2) is 9.43. The summed E-state index contributed by atoms with van der Waals surface area (Å²) >= 11 is 6.75. The van der Waals surface area contributed by atoms with E-state index in [4.69, 9.17) is 26.8 Å². The zero-order chi connectivity index (χ0) is 20.1. The average Bonchev–Trinajstić information content (AvgIpc) is 2.95. The van der Waals surface area contributed by atoms with E-state index >= 15 is 0 Å². The van der Waals surface area contributed by atoms with E-state index in [1.54, 1.807) is 29.2 Å². The normalized spacial score (nSPS) is 19.3. The number of thioether (sulfide) groups is 1. The summed E-state index contributed by atoms with van der Waals surface area (Å²) in [5.41, 5.74) is 0.594. The number of carbonyl (C=O) groups is 2. The standard InChI is InChI=1S/C20H23NO5S2/c1-2-25-15-10-6-7-13(18(15)26-12-17(22)23)11-16-19(24)21(20(27)28-16)14-8-4-3-5-9-14/h6-7,10-11,14H,2-5,8-9,12H2,1H3,(H,22,23)/b16-11+. The van der Waals surface area contributed by atoms with Crippen LogP contribution in [-0.4, -0.2) is 45.5 Å². The van der Waals surface area contributed by atoms with Gasteiger partial charge < -0.3 is 14.6 Å². The number of nitrogens with zero attached hydrogens (tertiary/aromatic N) is 1. The predicted octanol–water partition coefficient (Wildman–Crippen LogP) is 4.08. The number of thiocarbonyl (C=S) groups is 1. The largest absolute Gasteiger partial charge is 0.490 e. The molecule has 1 aromatic rings. The van der Waals surface area contributed by atoms with Gasteiger partial charge in [0.15, 0.2) is 18.1 Å². The fourth-order valence-electron chi connectivity index (χ4n) is 3.48. The van der Waals surface area contributed by atoms with E-state index in [-0.39, 0.29) is 11.9 Å². The number of amides is 1. The van der Waals surface area contributed by atoms with Gasteiger partial charge in [0.2, 0.25) is 0 Å². The maximum absolute atomic E-state index is 13.0. The zero-order valence-electron chi connectivity index (χ0n) is 15.7. The highest BCUT2D eigenvalue weighted by Gasteiger charge is 2.37. The van der Waals surface area contributed by atoms with Gasteiger partial charge in [0.25, 0.3) is 5.91 Å². The lowest BCUT2D eigenvalue weighted by Gasteiger charge is -2.29. The Labute approximate surface area is 173 Å². The van der Waals surface area contributed by atoms with Crippen molar-refractivity contribution < 1.29 is 24.2 Å². The van der Waals surface area contributed by atoms with Gasteiger partial charge in [0.1, 0.15) is 4.32 Å². The van der Waals surface area contributed by atoms with Crippen molar-refractivity contribution in [1.29, 1.82) is 0 Å². The maximum atomic E-state index is 13.0. The van der Waals surface area contributed by atoms with E-state index in [1.807, 2.05) is 6.92 Å². The second-order valence-electron chi connectivity index (χ2n) is 6.63. The molecule has 1 N–H and O–H groups in total. The third-order valence-electron chi connectivity index (χ3n) is 4.70. The Kier molecular flexibility index (Phi) is 6.96. The molecule has 28 heavy (non-hydrogen) atoms. The van der Waals surface area contributed by atoms with E-state index in [9.17, 15) is 9.59 Å². The highest BCUT2D eigenvalue weighted by molar-refractivity contribution is 8.26. The van der Waals surface area contributed by atoms with Crippen LogP contribution < -0.4 is 9.47 Å². The number of aliphatic carboxylic acids is 1. The first-order valence-electron chi connectivity index (χ1n) is 9.38. The first kappa shape index (κ1) is 20.7. The molecule has 1 saturated carbocycles. The van der Waals surface area contributed by atoms with Crippen molar-refractivity contribution in [2.45, 2.75) is 45.1 Å². The van der Waals surface area contributed by atoms with Crippen molar-refractivity contribution in [2.24, 2.45) is 0 Å². The smallest absolute Gasteiger partial charge is 0.341 e. The van der Waals surface area contributed by atoms with Crippen LogP contribution in [0, 0.1) is 0 Å². The van der Waals surface area contributed by atoms with Crippen molar-refractivity contribution in [2.75, 3.05) is 13.2 Å². The maximum Gasteiger partial charge on any atom is 0.341 e. The van der Waals surface area contributed by atoms with Crippen LogP contribution in [0.25, 0.3) is 6.08 Å². The molecule has 1 aliphatic carbocycles. The Hall–Kier alpha value is -2.06. The van der Waals surface area contributed by atoms with Gasteiger partial charge in [0.05, 0.1) is 11.5 Å². The fraction of sp³-hybridized carbons (Fsp3) is 0.450.